The van der Waals surface area contributed by atoms with Crippen LogP contribution in [0.3, 0.4) is 0 Å². The van der Waals surface area contributed by atoms with Crippen molar-refractivity contribution in [3.63, 3.8) is 0 Å². The Kier molecular flexibility index (Phi) is 7.84. The highest BCUT2D eigenvalue weighted by atomic mass is 16.6. The molecule has 11 nitrogen and oxygen atoms in total. The lowest BCUT2D eigenvalue weighted by atomic mass is 9.99. The van der Waals surface area contributed by atoms with Gasteiger partial charge in [0.2, 0.25) is 5.91 Å². The molecule has 4 heterocycles. The Hall–Kier alpha value is -2.11. The smallest absolute Gasteiger partial charge is 0.410 e. The molecule has 4 saturated heterocycles. The summed E-state index contributed by atoms with van der Waals surface area (Å²) in [5.74, 6) is 0.353. The first-order chi connectivity index (χ1) is 15.1. The molecule has 0 aromatic rings. The van der Waals surface area contributed by atoms with Gasteiger partial charge in [0, 0.05) is 64.3 Å². The van der Waals surface area contributed by atoms with Crippen molar-refractivity contribution in [2.75, 3.05) is 59.1 Å². The van der Waals surface area contributed by atoms with Crippen LogP contribution in [0.1, 0.15) is 27.2 Å². The Morgan fingerprint density at radius 1 is 1.03 bits per heavy atom. The van der Waals surface area contributed by atoms with Crippen molar-refractivity contribution in [3.05, 3.63) is 0 Å². The van der Waals surface area contributed by atoms with Crippen molar-refractivity contribution in [2.24, 2.45) is 11.8 Å². The Morgan fingerprint density at radius 3 is 2.19 bits per heavy atom. The van der Waals surface area contributed by atoms with Crippen molar-refractivity contribution in [1.82, 2.24) is 20.0 Å². The van der Waals surface area contributed by atoms with Gasteiger partial charge in [-0.1, -0.05) is 0 Å². The van der Waals surface area contributed by atoms with Crippen molar-refractivity contribution in [1.29, 1.82) is 0 Å². The number of aliphatic hydroxyl groups is 2. The van der Waals surface area contributed by atoms with Gasteiger partial charge in [-0.2, -0.15) is 0 Å². The molecular weight excluding hydrogens is 420 g/mol. The predicted molar refractivity (Wildman–Crippen MR) is 114 cm³/mol. The van der Waals surface area contributed by atoms with E-state index in [-0.39, 0.29) is 61.8 Å². The van der Waals surface area contributed by atoms with Crippen LogP contribution >= 0.6 is 0 Å². The van der Waals surface area contributed by atoms with E-state index in [9.17, 15) is 14.4 Å². The third kappa shape index (κ3) is 6.23. The first-order valence-corrected chi connectivity index (χ1v) is 11.2. The van der Waals surface area contributed by atoms with Gasteiger partial charge in [0.05, 0.1) is 12.1 Å². The average molecular weight is 457 g/mol. The van der Waals surface area contributed by atoms with Gasteiger partial charge in [-0.15, -0.1) is 0 Å². The summed E-state index contributed by atoms with van der Waals surface area (Å²) < 4.78 is 10.6. The first-order valence-electron chi connectivity index (χ1n) is 11.2. The minimum absolute atomic E-state index is 0.00275. The number of urea groups is 1. The van der Waals surface area contributed by atoms with Crippen LogP contribution in [-0.2, 0) is 14.3 Å². The van der Waals surface area contributed by atoms with E-state index in [2.05, 4.69) is 5.32 Å². The van der Waals surface area contributed by atoms with Gasteiger partial charge in [-0.3, -0.25) is 4.79 Å². The Labute approximate surface area is 188 Å². The fraction of sp³-hybridized carbons (Fsp3) is 0.857. The van der Waals surface area contributed by atoms with E-state index in [1.807, 2.05) is 20.8 Å². The molecule has 0 saturated carbocycles. The molecule has 32 heavy (non-hydrogen) atoms. The molecule has 3 N–H and O–H groups in total. The molecule has 4 amide bonds. The van der Waals surface area contributed by atoms with Gasteiger partial charge in [0.15, 0.2) is 0 Å². The second-order valence-electron chi connectivity index (χ2n) is 9.93. The van der Waals surface area contributed by atoms with Crippen LogP contribution in [0.25, 0.3) is 0 Å². The number of nitrogens with one attached hydrogen (secondary N) is 1. The number of carbonyl (C=O) groups is 3. The zero-order chi connectivity index (χ0) is 23.5. The molecule has 0 unspecified atom stereocenters. The highest BCUT2D eigenvalue weighted by Crippen LogP contribution is 2.22. The van der Waals surface area contributed by atoms with Crippen LogP contribution in [-0.4, -0.2) is 120 Å². The van der Waals surface area contributed by atoms with Crippen LogP contribution < -0.4 is 5.32 Å². The van der Waals surface area contributed by atoms with Gasteiger partial charge in [-0.25, -0.2) is 9.59 Å². The summed E-state index contributed by atoms with van der Waals surface area (Å²) in [7, 11) is 0. The summed E-state index contributed by atoms with van der Waals surface area (Å²) in [5, 5.41) is 20.6. The fourth-order valence-electron chi connectivity index (χ4n) is 4.08. The number of rotatable bonds is 2. The number of hydrogen-bond acceptors (Lipinski definition) is 7. The van der Waals surface area contributed by atoms with Crippen LogP contribution in [0.15, 0.2) is 0 Å². The van der Waals surface area contributed by atoms with Crippen molar-refractivity contribution in [3.8, 4) is 0 Å². The molecule has 0 aliphatic carbocycles. The first kappa shape index (κ1) is 24.5. The van der Waals surface area contributed by atoms with Crippen molar-refractivity contribution >= 4 is 18.0 Å². The minimum atomic E-state index is -0.429. The molecule has 4 aliphatic heterocycles. The molecule has 11 heteroatoms. The minimum Gasteiger partial charge on any atom is -0.444 e. The van der Waals surface area contributed by atoms with E-state index < -0.39 is 5.60 Å². The lowest BCUT2D eigenvalue weighted by Gasteiger charge is -2.45. The molecule has 0 aromatic heterocycles. The number of piperidine rings is 1. The second kappa shape index (κ2) is 10.2. The lowest BCUT2D eigenvalue weighted by molar-refractivity contribution is -0.139. The van der Waals surface area contributed by atoms with E-state index in [1.54, 1.807) is 14.7 Å². The number of morpholine rings is 1. The zero-order valence-electron chi connectivity index (χ0n) is 19.2. The Morgan fingerprint density at radius 2 is 1.62 bits per heavy atom. The van der Waals surface area contributed by atoms with Gasteiger partial charge in [0.25, 0.3) is 0 Å². The van der Waals surface area contributed by atoms with Crippen LogP contribution in [0, 0.1) is 11.8 Å². The quantitative estimate of drug-likeness (QED) is 0.509. The van der Waals surface area contributed by atoms with E-state index >= 15 is 0 Å². The van der Waals surface area contributed by atoms with Crippen LogP contribution in [0.2, 0.25) is 0 Å². The summed E-state index contributed by atoms with van der Waals surface area (Å²) in [6.45, 7) is 9.60. The molecule has 0 radical (unpaired) electrons. The molecule has 4 rings (SSSR count). The Balaban J connectivity index is 0.000000195. The summed E-state index contributed by atoms with van der Waals surface area (Å²) in [6, 6.07) is -0.0863. The third-order valence-electron chi connectivity index (χ3n) is 5.95. The monoisotopic (exact) mass is 456 g/mol. The number of nitrogens with zero attached hydrogens (tertiary/aromatic N) is 3. The van der Waals surface area contributed by atoms with E-state index in [4.69, 9.17) is 19.7 Å². The van der Waals surface area contributed by atoms with Crippen molar-refractivity contribution in [2.45, 2.75) is 44.9 Å². The fourth-order valence-corrected chi connectivity index (χ4v) is 4.08. The normalized spacial score (nSPS) is 26.2. The summed E-state index contributed by atoms with van der Waals surface area (Å²) >= 11 is 0. The largest absolute Gasteiger partial charge is 0.444 e. The highest BCUT2D eigenvalue weighted by molar-refractivity contribution is 5.79. The van der Waals surface area contributed by atoms with E-state index in [0.29, 0.717) is 39.3 Å². The van der Waals surface area contributed by atoms with Crippen LogP contribution in [0.5, 0.6) is 0 Å². The highest BCUT2D eigenvalue weighted by Gasteiger charge is 2.39. The SMILES string of the molecule is CC(C)(C)OC(=O)N1CC(CO)C1.O=C1CO[C@H]2CCN(C(=O)N3CC(CO)C3)C[C@H]2N1. The number of amides is 4. The maximum absolute atomic E-state index is 12.2. The second-order valence-corrected chi connectivity index (χ2v) is 9.93. The van der Waals surface area contributed by atoms with Gasteiger partial charge < -0.3 is 39.7 Å². The van der Waals surface area contributed by atoms with Gasteiger partial charge in [-0.05, 0) is 27.2 Å². The number of carbonyl (C=O) groups excluding carboxylic acids is 3. The number of ether oxygens (including phenoxy) is 2. The molecular formula is C21H36N4O7. The van der Waals surface area contributed by atoms with Gasteiger partial charge in [0.1, 0.15) is 12.2 Å². The zero-order valence-corrected chi connectivity index (χ0v) is 19.2. The van der Waals surface area contributed by atoms with E-state index in [1.165, 1.54) is 0 Å². The predicted octanol–water partition coefficient (Wildman–Crippen LogP) is -0.535. The maximum atomic E-state index is 12.2. The average Bonchev–Trinajstić information content (AvgIpc) is 2.64. The summed E-state index contributed by atoms with van der Waals surface area (Å²) in [5.41, 5.74) is -0.429. The van der Waals surface area contributed by atoms with E-state index in [0.717, 1.165) is 6.42 Å². The third-order valence-corrected chi connectivity index (χ3v) is 5.95. The molecule has 0 spiro atoms. The number of likely N-dealkylation sites (tertiary alicyclic amines) is 3. The summed E-state index contributed by atoms with van der Waals surface area (Å²) in [4.78, 5) is 40.0. The maximum Gasteiger partial charge on any atom is 0.410 e. The lowest BCUT2D eigenvalue weighted by Crippen LogP contribution is -2.64. The molecule has 182 valence electrons. The number of aliphatic hydroxyl groups excluding tert-OH is 2. The number of fused-ring (bicyclic) bond motifs is 1. The van der Waals surface area contributed by atoms with Gasteiger partial charge >= 0.3 is 12.1 Å². The molecule has 4 fully saturated rings. The Bertz CT molecular complexity index is 686. The summed E-state index contributed by atoms with van der Waals surface area (Å²) in [6.07, 6.45) is 0.508. The standard InChI is InChI=1S/C12H19N3O4.C9H17NO3/c16-6-8-3-15(4-8)12(18)14-2-1-10-9(5-14)13-11(17)7-19-10;1-9(2,3)13-8(12)10-4-7(5-10)6-11/h8-10,16H,1-7H2,(H,13,17);7,11H,4-6H2,1-3H3/t9-,10+;/m1./s1. The molecule has 0 bridgehead atoms. The molecule has 4 aliphatic rings. The number of hydrogen-bond donors (Lipinski definition) is 3. The molecule has 2 atom stereocenters. The topological polar surface area (TPSA) is 132 Å². The molecule has 0 aromatic carbocycles. The van der Waals surface area contributed by atoms with Crippen molar-refractivity contribution < 1.29 is 34.1 Å². The van der Waals surface area contributed by atoms with Crippen LogP contribution in [0.4, 0.5) is 9.59 Å².